The molecular formula is C13H19N5O2. The van der Waals surface area contributed by atoms with Gasteiger partial charge in [0.05, 0.1) is 6.21 Å². The van der Waals surface area contributed by atoms with Gasteiger partial charge in [0.15, 0.2) is 5.71 Å². The Labute approximate surface area is 117 Å². The Kier molecular flexibility index (Phi) is 6.31. The maximum atomic E-state index is 9.55. The lowest BCUT2D eigenvalue weighted by atomic mass is 10.1. The van der Waals surface area contributed by atoms with Gasteiger partial charge >= 0.3 is 5.97 Å². The molecule has 7 nitrogen and oxygen atoms in total. The Bertz CT molecular complexity index is 502. The number of aliphatic carboxylic acids is 1. The first-order chi connectivity index (χ1) is 9.58. The largest absolute Gasteiger partial charge is 0.476 e. The van der Waals surface area contributed by atoms with Crippen LogP contribution in [0.25, 0.3) is 0 Å². The van der Waals surface area contributed by atoms with Crippen LogP contribution in [0.2, 0.25) is 0 Å². The highest BCUT2D eigenvalue weighted by Crippen LogP contribution is 2.19. The molecule has 0 atom stereocenters. The predicted octanol–water partition coefficient (Wildman–Crippen LogP) is 0.681. The molecule has 2 heterocycles. The maximum absolute atomic E-state index is 9.55. The topological polar surface area (TPSA) is 136 Å². The quantitative estimate of drug-likeness (QED) is 0.515. The van der Waals surface area contributed by atoms with Gasteiger partial charge in [0.25, 0.3) is 0 Å². The fourth-order valence-corrected chi connectivity index (χ4v) is 1.72. The molecule has 0 spiro atoms. The van der Waals surface area contributed by atoms with Gasteiger partial charge in [0.1, 0.15) is 5.82 Å². The first-order valence-corrected chi connectivity index (χ1v) is 6.33. The number of nitrogens with zero attached hydrogens (tertiary/aromatic N) is 1. The van der Waals surface area contributed by atoms with Crippen LogP contribution < -0.4 is 11.1 Å². The zero-order valence-electron chi connectivity index (χ0n) is 11.1. The van der Waals surface area contributed by atoms with Gasteiger partial charge in [0.2, 0.25) is 0 Å². The fourth-order valence-electron chi connectivity index (χ4n) is 1.72. The van der Waals surface area contributed by atoms with E-state index in [0.29, 0.717) is 12.8 Å². The van der Waals surface area contributed by atoms with E-state index in [9.17, 15) is 4.79 Å². The van der Waals surface area contributed by atoms with Gasteiger partial charge in [-0.05, 0) is 31.0 Å². The van der Waals surface area contributed by atoms with E-state index < -0.39 is 11.7 Å². The molecule has 1 aliphatic heterocycles. The number of pyridine rings is 1. The zero-order valence-corrected chi connectivity index (χ0v) is 11.1. The molecule has 0 amide bonds. The number of anilines is 1. The Hall–Kier alpha value is -2.28. The molecule has 1 aliphatic rings. The summed E-state index contributed by atoms with van der Waals surface area (Å²) in [7, 11) is 0. The van der Waals surface area contributed by atoms with E-state index in [1.54, 1.807) is 0 Å². The van der Waals surface area contributed by atoms with Crippen molar-refractivity contribution in [1.82, 2.24) is 4.98 Å². The summed E-state index contributed by atoms with van der Waals surface area (Å²) in [5.41, 5.74) is 7.21. The number of aryl methyl sites for hydroxylation is 1. The minimum atomic E-state index is -1.37. The van der Waals surface area contributed by atoms with Crippen molar-refractivity contribution in [3.8, 4) is 0 Å². The molecule has 1 aromatic heterocycles. The van der Waals surface area contributed by atoms with Crippen LogP contribution in [0, 0.1) is 10.8 Å². The number of hydrogen-bond acceptors (Lipinski definition) is 6. The van der Waals surface area contributed by atoms with E-state index in [1.165, 1.54) is 12.0 Å². The lowest BCUT2D eigenvalue weighted by Crippen LogP contribution is -2.14. The van der Waals surface area contributed by atoms with Crippen LogP contribution in [0.3, 0.4) is 0 Å². The van der Waals surface area contributed by atoms with Crippen LogP contribution >= 0.6 is 0 Å². The van der Waals surface area contributed by atoms with E-state index in [0.717, 1.165) is 30.9 Å². The lowest BCUT2D eigenvalue weighted by Gasteiger charge is -2.17. The van der Waals surface area contributed by atoms with Crippen LogP contribution in [0.5, 0.6) is 0 Å². The average Bonchev–Trinajstić information content (AvgIpc) is 2.47. The number of fused-ring (bicyclic) bond motifs is 1. The Morgan fingerprint density at radius 2 is 2.30 bits per heavy atom. The number of carboxylic acids is 1. The number of nitrogens with one attached hydrogen (secondary N) is 3. The van der Waals surface area contributed by atoms with E-state index in [1.807, 2.05) is 0 Å². The Morgan fingerprint density at radius 1 is 1.55 bits per heavy atom. The van der Waals surface area contributed by atoms with Gasteiger partial charge in [-0.3, -0.25) is 5.41 Å². The number of rotatable bonds is 4. The highest BCUT2D eigenvalue weighted by atomic mass is 16.4. The SMILES string of the molecule is N=CC(=N)C(=O)O.NCCc1ccc2c(n1)NCCC2. The molecular weight excluding hydrogens is 258 g/mol. The molecule has 0 unspecified atom stereocenters. The van der Waals surface area contributed by atoms with Crippen molar-refractivity contribution in [1.29, 1.82) is 10.8 Å². The van der Waals surface area contributed by atoms with E-state index in [2.05, 4.69) is 22.4 Å². The predicted molar refractivity (Wildman–Crippen MR) is 78.0 cm³/mol. The summed E-state index contributed by atoms with van der Waals surface area (Å²) in [5, 5.41) is 23.7. The third-order valence-corrected chi connectivity index (χ3v) is 2.73. The van der Waals surface area contributed by atoms with Crippen molar-refractivity contribution < 1.29 is 9.90 Å². The first kappa shape index (κ1) is 15.8. The van der Waals surface area contributed by atoms with Crippen LogP contribution in [0.15, 0.2) is 12.1 Å². The van der Waals surface area contributed by atoms with Gasteiger partial charge in [-0.15, -0.1) is 0 Å². The van der Waals surface area contributed by atoms with Crippen LogP contribution in [-0.2, 0) is 17.6 Å². The average molecular weight is 277 g/mol. The molecule has 0 saturated heterocycles. The van der Waals surface area contributed by atoms with Gasteiger partial charge in [-0.25, -0.2) is 9.78 Å². The first-order valence-electron chi connectivity index (χ1n) is 6.33. The van der Waals surface area contributed by atoms with Crippen molar-refractivity contribution >= 4 is 23.7 Å². The van der Waals surface area contributed by atoms with Gasteiger partial charge in [0, 0.05) is 18.7 Å². The normalized spacial score (nSPS) is 12.2. The molecule has 0 saturated carbocycles. The number of carboxylic acid groups (broad SMARTS) is 1. The highest BCUT2D eigenvalue weighted by Gasteiger charge is 2.09. The zero-order chi connectivity index (χ0) is 15.0. The summed E-state index contributed by atoms with van der Waals surface area (Å²) in [4.78, 5) is 14.1. The van der Waals surface area contributed by atoms with Crippen molar-refractivity contribution in [2.24, 2.45) is 5.73 Å². The summed E-state index contributed by atoms with van der Waals surface area (Å²) >= 11 is 0. The molecule has 108 valence electrons. The molecule has 0 radical (unpaired) electrons. The van der Waals surface area contributed by atoms with Gasteiger partial charge < -0.3 is 21.6 Å². The minimum Gasteiger partial charge on any atom is -0.476 e. The maximum Gasteiger partial charge on any atom is 0.355 e. The van der Waals surface area contributed by atoms with Crippen molar-refractivity contribution in [2.45, 2.75) is 19.3 Å². The molecule has 0 bridgehead atoms. The van der Waals surface area contributed by atoms with E-state index in [-0.39, 0.29) is 0 Å². The summed E-state index contributed by atoms with van der Waals surface area (Å²) < 4.78 is 0. The van der Waals surface area contributed by atoms with Crippen molar-refractivity contribution in [3.63, 3.8) is 0 Å². The third kappa shape index (κ3) is 4.77. The van der Waals surface area contributed by atoms with E-state index in [4.69, 9.17) is 21.7 Å². The molecule has 0 fully saturated rings. The number of nitrogens with two attached hydrogens (primary N) is 1. The monoisotopic (exact) mass is 277 g/mol. The summed E-state index contributed by atoms with van der Waals surface area (Å²) in [6.45, 7) is 1.72. The molecule has 0 aromatic carbocycles. The smallest absolute Gasteiger partial charge is 0.355 e. The molecule has 7 heteroatoms. The number of aromatic nitrogens is 1. The molecule has 6 N–H and O–H groups in total. The highest BCUT2D eigenvalue weighted by molar-refractivity contribution is 6.57. The summed E-state index contributed by atoms with van der Waals surface area (Å²) in [6.07, 6.45) is 3.71. The Morgan fingerprint density at radius 3 is 2.85 bits per heavy atom. The second-order valence-electron chi connectivity index (χ2n) is 4.24. The van der Waals surface area contributed by atoms with Crippen LogP contribution in [-0.4, -0.2) is 41.1 Å². The Balaban J connectivity index is 0.000000246. The summed E-state index contributed by atoms with van der Waals surface area (Å²) in [6, 6.07) is 4.25. The summed E-state index contributed by atoms with van der Waals surface area (Å²) in [5.74, 6) is -0.299. The molecule has 2 rings (SSSR count). The van der Waals surface area contributed by atoms with Gasteiger partial charge in [-0.1, -0.05) is 6.07 Å². The van der Waals surface area contributed by atoms with Crippen LogP contribution in [0.4, 0.5) is 5.82 Å². The standard InChI is InChI=1S/C10H15N3.C3H4N2O2/c11-6-5-9-4-3-8-2-1-7-12-10(8)13-9;4-1-2(5)3(6)7/h3-4H,1-2,5-7,11H2,(H,12,13);1,4-5H,(H,6,7). The second-order valence-corrected chi connectivity index (χ2v) is 4.24. The molecule has 0 aliphatic carbocycles. The lowest BCUT2D eigenvalue weighted by molar-refractivity contribution is -0.129. The van der Waals surface area contributed by atoms with E-state index >= 15 is 0 Å². The van der Waals surface area contributed by atoms with Crippen molar-refractivity contribution in [2.75, 3.05) is 18.4 Å². The van der Waals surface area contributed by atoms with Crippen LogP contribution in [0.1, 0.15) is 17.7 Å². The fraction of sp³-hybridized carbons (Fsp3) is 0.385. The number of carbonyl (C=O) groups is 1. The minimum absolute atomic E-state index is 0.475. The molecule has 1 aromatic rings. The molecule has 20 heavy (non-hydrogen) atoms. The van der Waals surface area contributed by atoms with Gasteiger partial charge in [-0.2, -0.15) is 0 Å². The number of hydrogen-bond donors (Lipinski definition) is 5. The second kappa shape index (κ2) is 8.00. The van der Waals surface area contributed by atoms with Crippen molar-refractivity contribution in [3.05, 3.63) is 23.4 Å². The third-order valence-electron chi connectivity index (χ3n) is 2.73.